The number of anilines is 1. The molecule has 0 spiro atoms. The van der Waals surface area contributed by atoms with E-state index in [1.807, 2.05) is 42.8 Å². The largest absolute Gasteiger partial charge is 0.307 e. The van der Waals surface area contributed by atoms with E-state index in [0.29, 0.717) is 11.4 Å². The summed E-state index contributed by atoms with van der Waals surface area (Å²) in [5.41, 5.74) is 3.25. The summed E-state index contributed by atoms with van der Waals surface area (Å²) in [5, 5.41) is 6.59. The Labute approximate surface area is 110 Å². The van der Waals surface area contributed by atoms with Crippen LogP contribution in [-0.4, -0.2) is 10.9 Å². The number of hydrogen-bond acceptors (Lipinski definition) is 3. The molecule has 1 N–H and O–H groups in total. The lowest BCUT2D eigenvalue weighted by Gasteiger charge is -2.07. The van der Waals surface area contributed by atoms with Gasteiger partial charge in [0.1, 0.15) is 5.82 Å². The number of carbonyl (C=O) groups excluding carboxylic acids is 1. The molecule has 0 aliphatic heterocycles. The summed E-state index contributed by atoms with van der Waals surface area (Å²) in [6, 6.07) is 5.68. The van der Waals surface area contributed by atoms with Gasteiger partial charge < -0.3 is 5.32 Å². The normalized spacial score (nSPS) is 10.1. The average molecular weight is 258 g/mol. The summed E-state index contributed by atoms with van der Waals surface area (Å²) < 4.78 is 0. The van der Waals surface area contributed by atoms with Crippen molar-refractivity contribution in [3.8, 4) is 0 Å². The maximum absolute atomic E-state index is 12.0. The Balaban J connectivity index is 2.14. The lowest BCUT2D eigenvalue weighted by Crippen LogP contribution is -2.14. The molecule has 18 heavy (non-hydrogen) atoms. The van der Waals surface area contributed by atoms with Crippen LogP contribution in [0.2, 0.25) is 0 Å². The van der Waals surface area contributed by atoms with Crippen LogP contribution in [0.1, 0.15) is 16.8 Å². The number of nitrogens with zero attached hydrogens (tertiary/aromatic N) is 1. The van der Waals surface area contributed by atoms with Crippen LogP contribution in [0.4, 0.5) is 5.82 Å². The van der Waals surface area contributed by atoms with E-state index < -0.39 is 0 Å². The monoisotopic (exact) mass is 258 g/mol. The predicted octanol–water partition coefficient (Wildman–Crippen LogP) is 3.41. The third-order valence-corrected chi connectivity index (χ3v) is 3.17. The maximum Gasteiger partial charge on any atom is 0.256 e. The van der Waals surface area contributed by atoms with Crippen molar-refractivity contribution in [2.75, 3.05) is 5.32 Å². The molecule has 2 aromatic rings. The summed E-state index contributed by atoms with van der Waals surface area (Å²) in [5.74, 6) is 0.347. The van der Waals surface area contributed by atoms with Gasteiger partial charge in [0.05, 0.1) is 0 Å². The zero-order chi connectivity index (χ0) is 13.1. The van der Waals surface area contributed by atoms with Gasteiger partial charge in [-0.05, 0) is 53.9 Å². The number of thiophene rings is 1. The van der Waals surface area contributed by atoms with Gasteiger partial charge in [0.25, 0.3) is 5.91 Å². The Hall–Kier alpha value is -1.94. The predicted molar refractivity (Wildman–Crippen MR) is 75.7 cm³/mol. The lowest BCUT2D eigenvalue weighted by atomic mass is 10.1. The molecule has 2 aromatic heterocycles. The van der Waals surface area contributed by atoms with E-state index in [1.54, 1.807) is 11.3 Å². The zero-order valence-corrected chi connectivity index (χ0v) is 11.2. The SMILES string of the molecule is C=C(C(=O)Nc1cc(C)cc(C)n1)c1ccsc1. The Kier molecular flexibility index (Phi) is 3.58. The van der Waals surface area contributed by atoms with Crippen molar-refractivity contribution >= 4 is 28.6 Å². The number of carbonyl (C=O) groups is 1. The first-order valence-electron chi connectivity index (χ1n) is 5.54. The molecule has 2 rings (SSSR count). The Morgan fingerprint density at radius 3 is 2.78 bits per heavy atom. The van der Waals surface area contributed by atoms with E-state index in [4.69, 9.17) is 0 Å². The highest BCUT2D eigenvalue weighted by Crippen LogP contribution is 2.18. The van der Waals surface area contributed by atoms with Crippen molar-refractivity contribution in [2.45, 2.75) is 13.8 Å². The van der Waals surface area contributed by atoms with Crippen LogP contribution in [0.25, 0.3) is 5.57 Å². The van der Waals surface area contributed by atoms with Gasteiger partial charge in [0, 0.05) is 11.3 Å². The minimum absolute atomic E-state index is 0.217. The summed E-state index contributed by atoms with van der Waals surface area (Å²) >= 11 is 1.54. The molecule has 0 aliphatic rings. The second kappa shape index (κ2) is 5.14. The third kappa shape index (κ3) is 2.84. The molecule has 3 nitrogen and oxygen atoms in total. The molecule has 2 heterocycles. The number of pyridine rings is 1. The molecule has 0 saturated heterocycles. The minimum Gasteiger partial charge on any atom is -0.307 e. The van der Waals surface area contributed by atoms with Gasteiger partial charge in [0.2, 0.25) is 0 Å². The first-order valence-corrected chi connectivity index (χ1v) is 6.48. The Morgan fingerprint density at radius 1 is 1.39 bits per heavy atom. The molecule has 0 unspecified atom stereocenters. The molecular formula is C14H14N2OS. The van der Waals surface area contributed by atoms with Crippen molar-refractivity contribution in [1.29, 1.82) is 0 Å². The summed E-state index contributed by atoms with van der Waals surface area (Å²) in [6.07, 6.45) is 0. The average Bonchev–Trinajstić information content (AvgIpc) is 2.79. The number of hydrogen-bond donors (Lipinski definition) is 1. The molecule has 92 valence electrons. The van der Waals surface area contributed by atoms with Gasteiger partial charge >= 0.3 is 0 Å². The highest BCUT2D eigenvalue weighted by Gasteiger charge is 2.10. The molecular weight excluding hydrogens is 244 g/mol. The number of nitrogens with one attached hydrogen (secondary N) is 1. The molecule has 0 aromatic carbocycles. The molecule has 4 heteroatoms. The van der Waals surface area contributed by atoms with Crippen LogP contribution in [0.5, 0.6) is 0 Å². The molecule has 0 fully saturated rings. The highest BCUT2D eigenvalue weighted by atomic mass is 32.1. The van der Waals surface area contributed by atoms with E-state index in [-0.39, 0.29) is 5.91 Å². The zero-order valence-electron chi connectivity index (χ0n) is 10.4. The van der Waals surface area contributed by atoms with Crippen molar-refractivity contribution in [3.63, 3.8) is 0 Å². The van der Waals surface area contributed by atoms with Gasteiger partial charge in [-0.2, -0.15) is 11.3 Å². The van der Waals surface area contributed by atoms with Crippen molar-refractivity contribution < 1.29 is 4.79 Å². The van der Waals surface area contributed by atoms with Gasteiger partial charge in [-0.15, -0.1) is 0 Å². The second-order valence-corrected chi connectivity index (χ2v) is 4.90. The Morgan fingerprint density at radius 2 is 2.17 bits per heavy atom. The van der Waals surface area contributed by atoms with Crippen LogP contribution in [-0.2, 0) is 4.79 Å². The highest BCUT2D eigenvalue weighted by molar-refractivity contribution is 7.08. The van der Waals surface area contributed by atoms with Crippen LogP contribution < -0.4 is 5.32 Å². The molecule has 0 bridgehead atoms. The van der Waals surface area contributed by atoms with Crippen LogP contribution >= 0.6 is 11.3 Å². The number of rotatable bonds is 3. The van der Waals surface area contributed by atoms with Crippen molar-refractivity contribution in [1.82, 2.24) is 4.98 Å². The standard InChI is InChI=1S/C14H14N2OS/c1-9-6-10(2)15-13(7-9)16-14(17)11(3)12-4-5-18-8-12/h4-8H,3H2,1-2H3,(H,15,16,17). The molecule has 0 aliphatic carbocycles. The first-order chi connectivity index (χ1) is 8.56. The quantitative estimate of drug-likeness (QED) is 0.857. The molecule has 0 saturated carbocycles. The fraction of sp³-hybridized carbons (Fsp3) is 0.143. The van der Waals surface area contributed by atoms with Crippen LogP contribution in [0, 0.1) is 13.8 Å². The lowest BCUT2D eigenvalue weighted by molar-refractivity contribution is -0.111. The Bertz CT molecular complexity index is 568. The van der Waals surface area contributed by atoms with Crippen molar-refractivity contribution in [2.24, 2.45) is 0 Å². The topological polar surface area (TPSA) is 42.0 Å². The fourth-order valence-electron chi connectivity index (χ4n) is 1.66. The maximum atomic E-state index is 12.0. The van der Waals surface area contributed by atoms with Gasteiger partial charge in [-0.25, -0.2) is 4.98 Å². The summed E-state index contributed by atoms with van der Waals surface area (Å²) in [6.45, 7) is 7.67. The van der Waals surface area contributed by atoms with E-state index in [2.05, 4.69) is 16.9 Å². The van der Waals surface area contributed by atoms with E-state index >= 15 is 0 Å². The van der Waals surface area contributed by atoms with Crippen molar-refractivity contribution in [3.05, 3.63) is 52.4 Å². The fourth-order valence-corrected chi connectivity index (χ4v) is 2.34. The number of aryl methyl sites for hydroxylation is 2. The van der Waals surface area contributed by atoms with E-state index in [9.17, 15) is 4.79 Å². The van der Waals surface area contributed by atoms with E-state index in [1.165, 1.54) is 0 Å². The van der Waals surface area contributed by atoms with Gasteiger partial charge in [-0.1, -0.05) is 6.58 Å². The van der Waals surface area contributed by atoms with Crippen LogP contribution in [0.3, 0.4) is 0 Å². The van der Waals surface area contributed by atoms with E-state index in [0.717, 1.165) is 16.8 Å². The van der Waals surface area contributed by atoms with Crippen LogP contribution in [0.15, 0.2) is 35.5 Å². The summed E-state index contributed by atoms with van der Waals surface area (Å²) in [7, 11) is 0. The number of amides is 1. The molecule has 1 amide bonds. The smallest absolute Gasteiger partial charge is 0.256 e. The first kappa shape index (κ1) is 12.5. The summed E-state index contributed by atoms with van der Waals surface area (Å²) in [4.78, 5) is 16.3. The molecule has 0 radical (unpaired) electrons. The second-order valence-electron chi connectivity index (χ2n) is 4.12. The number of aromatic nitrogens is 1. The van der Waals surface area contributed by atoms with Gasteiger partial charge in [0.15, 0.2) is 0 Å². The van der Waals surface area contributed by atoms with Gasteiger partial charge in [-0.3, -0.25) is 4.79 Å². The third-order valence-electron chi connectivity index (χ3n) is 2.48. The molecule has 0 atom stereocenters. The minimum atomic E-state index is -0.217.